The van der Waals surface area contributed by atoms with Gasteiger partial charge in [0.25, 0.3) is 0 Å². The second-order valence-corrected chi connectivity index (χ2v) is 1.54. The topological polar surface area (TPSA) is 109 Å². The molecule has 5 nitrogen and oxygen atoms in total. The minimum absolute atomic E-state index is 0. The van der Waals surface area contributed by atoms with Crippen LogP contribution in [0, 0.1) is 0 Å². The Morgan fingerprint density at radius 1 is 1.25 bits per heavy atom. The van der Waals surface area contributed by atoms with Gasteiger partial charge in [-0.05, 0) is 0 Å². The van der Waals surface area contributed by atoms with Crippen molar-refractivity contribution >= 4 is 88.8 Å². The molecule has 0 aliphatic carbocycles. The molecule has 0 aromatic rings. The Morgan fingerprint density at radius 2 is 1.25 bits per heavy atom. The van der Waals surface area contributed by atoms with Crippen LogP contribution in [0.5, 0.6) is 0 Å². The van der Waals surface area contributed by atoms with Gasteiger partial charge in [-0.2, -0.15) is 0 Å². The third-order valence-electron chi connectivity index (χ3n) is 0. The van der Waals surface area contributed by atoms with Gasteiger partial charge in [-0.3, -0.25) is 0 Å². The van der Waals surface area contributed by atoms with Crippen LogP contribution in [0.1, 0.15) is 1.43 Å². The van der Waals surface area contributed by atoms with E-state index in [0.29, 0.717) is 0 Å². The van der Waals surface area contributed by atoms with E-state index in [9.17, 15) is 0 Å². The molecule has 0 rings (SSSR count). The molecule has 0 amide bonds. The molecule has 0 unspecified atom stereocenters. The molecule has 0 saturated carbocycles. The van der Waals surface area contributed by atoms with Crippen LogP contribution < -0.4 is 0 Å². The van der Waals surface area contributed by atoms with Crippen molar-refractivity contribution in [3.63, 3.8) is 0 Å². The summed E-state index contributed by atoms with van der Waals surface area (Å²) in [4.78, 5) is 21.6. The van der Waals surface area contributed by atoms with Crippen LogP contribution in [0.4, 0.5) is 0 Å². The van der Waals surface area contributed by atoms with E-state index in [-0.39, 0.29) is 87.8 Å². The van der Waals surface area contributed by atoms with Crippen LogP contribution in [0.3, 0.4) is 0 Å². The number of hydrogen-bond donors (Lipinski definition) is 3. The molecule has 0 spiro atoms. The van der Waals surface area contributed by atoms with Gasteiger partial charge in [-0.25, -0.2) is 4.57 Å². The quantitative estimate of drug-likeness (QED) is 0.274. The molecule has 0 aliphatic rings. The van der Waals surface area contributed by atoms with E-state index < -0.39 is 7.82 Å². The van der Waals surface area contributed by atoms with Crippen LogP contribution >= 0.6 is 7.82 Å². The Morgan fingerprint density at radius 3 is 1.25 bits per heavy atom. The van der Waals surface area contributed by atoms with E-state index in [1.54, 1.807) is 0 Å². The van der Waals surface area contributed by atoms with E-state index in [1.807, 2.05) is 0 Å². The van der Waals surface area contributed by atoms with Gasteiger partial charge in [0.1, 0.15) is 0 Å². The summed E-state index contributed by atoms with van der Waals surface area (Å²) in [5, 5.41) is 0. The summed E-state index contributed by atoms with van der Waals surface area (Å²) in [7, 11) is -4.64. The minimum atomic E-state index is -4.64. The first kappa shape index (κ1) is 22.4. The SMILES string of the molecule is O.O=P(O)(O)O.[H+].[KH].[NaH]. The Kier molecular flexibility index (Phi) is 27.2. The van der Waals surface area contributed by atoms with Crippen molar-refractivity contribution in [2.75, 3.05) is 0 Å². The molecule has 0 aliphatic heterocycles. The van der Waals surface area contributed by atoms with Gasteiger partial charge >= 0.3 is 90.2 Å². The fraction of sp³-hybridized carbons (Fsp3) is 0. The van der Waals surface area contributed by atoms with Gasteiger partial charge in [0.2, 0.25) is 0 Å². The maximum absolute atomic E-state index is 8.88. The van der Waals surface area contributed by atoms with Crippen LogP contribution in [0.2, 0.25) is 0 Å². The summed E-state index contributed by atoms with van der Waals surface area (Å²) >= 11 is 0. The number of phosphoric acid groups is 1. The number of rotatable bonds is 0. The molecular weight excluding hydrogens is 173 g/mol. The fourth-order valence-corrected chi connectivity index (χ4v) is 0. The molecule has 5 N–H and O–H groups in total. The molecule has 0 aromatic heterocycles. The van der Waals surface area contributed by atoms with Crippen molar-refractivity contribution < 1.29 is 26.1 Å². The Bertz CT molecular complexity index is 63.1. The predicted octanol–water partition coefficient (Wildman–Crippen LogP) is -2.94. The average molecular weight is 181 g/mol. The van der Waals surface area contributed by atoms with Gasteiger partial charge in [-0.1, -0.05) is 0 Å². The monoisotopic (exact) mass is 181 g/mol. The molecule has 8 heavy (non-hydrogen) atoms. The summed E-state index contributed by atoms with van der Waals surface area (Å²) in [5.41, 5.74) is 0. The third kappa shape index (κ3) is 70.6. The Hall–Kier alpha value is 2.71. The third-order valence-corrected chi connectivity index (χ3v) is 0. The van der Waals surface area contributed by atoms with Crippen molar-refractivity contribution in [3.05, 3.63) is 0 Å². The fourth-order valence-electron chi connectivity index (χ4n) is 0. The van der Waals surface area contributed by atoms with Crippen LogP contribution in [-0.2, 0) is 4.57 Å². The summed E-state index contributed by atoms with van der Waals surface area (Å²) in [6.07, 6.45) is 0. The first-order valence-corrected chi connectivity index (χ1v) is 2.35. The molecule has 0 saturated heterocycles. The maximum atomic E-state index is 8.88. The summed E-state index contributed by atoms with van der Waals surface area (Å²) in [6, 6.07) is 0. The van der Waals surface area contributed by atoms with Crippen molar-refractivity contribution in [2.24, 2.45) is 0 Å². The predicted molar refractivity (Wildman–Crippen MR) is 33.3 cm³/mol. The van der Waals surface area contributed by atoms with E-state index in [0.717, 1.165) is 0 Å². The van der Waals surface area contributed by atoms with E-state index in [4.69, 9.17) is 19.2 Å². The van der Waals surface area contributed by atoms with Crippen LogP contribution in [0.15, 0.2) is 0 Å². The van der Waals surface area contributed by atoms with Gasteiger partial charge < -0.3 is 20.2 Å². The molecular formula is H8KNaO5P+. The second kappa shape index (κ2) is 9.71. The molecule has 0 fully saturated rings. The zero-order valence-electron chi connectivity index (χ0n) is 3.70. The summed E-state index contributed by atoms with van der Waals surface area (Å²) in [5.74, 6) is 0. The van der Waals surface area contributed by atoms with Crippen LogP contribution in [0.25, 0.3) is 0 Å². The zero-order valence-corrected chi connectivity index (χ0v) is 3.59. The summed E-state index contributed by atoms with van der Waals surface area (Å²) in [6.45, 7) is 0. The molecule has 0 heterocycles. The normalized spacial score (nSPS) is 7.38. The Labute approximate surface area is 113 Å². The molecule has 0 radical (unpaired) electrons. The second-order valence-electron chi connectivity index (χ2n) is 0.513. The first-order valence-electron chi connectivity index (χ1n) is 0.783. The van der Waals surface area contributed by atoms with Crippen molar-refractivity contribution in [1.29, 1.82) is 0 Å². The molecule has 44 valence electrons. The molecule has 0 bridgehead atoms. The van der Waals surface area contributed by atoms with E-state index >= 15 is 0 Å². The van der Waals surface area contributed by atoms with Crippen molar-refractivity contribution in [3.8, 4) is 0 Å². The van der Waals surface area contributed by atoms with E-state index in [1.165, 1.54) is 0 Å². The molecule has 0 aromatic carbocycles. The van der Waals surface area contributed by atoms with Gasteiger partial charge in [-0.15, -0.1) is 0 Å². The zero-order chi connectivity index (χ0) is 4.50. The molecule has 0 atom stereocenters. The average Bonchev–Trinajstić information content (AvgIpc) is 0.722. The van der Waals surface area contributed by atoms with Crippen molar-refractivity contribution in [2.45, 2.75) is 0 Å². The van der Waals surface area contributed by atoms with Gasteiger partial charge in [0.15, 0.2) is 0 Å². The standard InChI is InChI=1S/K.Na.H3O4P.H2O.2H/c;;1-5(2,3)4;;;/h;;(H3,1,2,3,4);1H2;;/p+1. The summed E-state index contributed by atoms with van der Waals surface area (Å²) < 4.78 is 8.88. The van der Waals surface area contributed by atoms with E-state index in [2.05, 4.69) is 0 Å². The number of hydrogen-bond acceptors (Lipinski definition) is 1. The van der Waals surface area contributed by atoms with Crippen LogP contribution in [-0.4, -0.2) is 101 Å². The van der Waals surface area contributed by atoms with Crippen molar-refractivity contribution in [1.82, 2.24) is 0 Å². The van der Waals surface area contributed by atoms with Gasteiger partial charge in [0.05, 0.1) is 0 Å². The first-order chi connectivity index (χ1) is 2.00. The molecule has 8 heteroatoms. The Balaban J connectivity index is -0.0000000133. The van der Waals surface area contributed by atoms with Gasteiger partial charge in [0, 0.05) is 0 Å².